The molecule has 0 aliphatic carbocycles. The van der Waals surface area contributed by atoms with Crippen LogP contribution in [0, 0.1) is 6.92 Å². The van der Waals surface area contributed by atoms with E-state index in [1.807, 2.05) is 0 Å². The van der Waals surface area contributed by atoms with Crippen LogP contribution in [0.1, 0.15) is 22.8 Å². The summed E-state index contributed by atoms with van der Waals surface area (Å²) in [5.41, 5.74) is 0.178. The van der Waals surface area contributed by atoms with Crippen LogP contribution in [0.2, 0.25) is 0 Å². The number of nitrogens with zero attached hydrogens (tertiary/aromatic N) is 1. The van der Waals surface area contributed by atoms with Crippen LogP contribution in [-0.4, -0.2) is 38.5 Å². The number of halogens is 3. The van der Waals surface area contributed by atoms with Gasteiger partial charge < -0.3 is 4.90 Å². The van der Waals surface area contributed by atoms with Gasteiger partial charge in [-0.1, -0.05) is 11.6 Å². The lowest BCUT2D eigenvalue weighted by atomic mass is 10.1. The number of amides is 1. The number of rotatable bonds is 4. The van der Waals surface area contributed by atoms with Crippen LogP contribution >= 0.6 is 0 Å². The van der Waals surface area contributed by atoms with Crippen LogP contribution in [0.4, 0.5) is 13.2 Å². The van der Waals surface area contributed by atoms with Gasteiger partial charge in [0.25, 0.3) is 5.91 Å². The number of benzene rings is 1. The van der Waals surface area contributed by atoms with Crippen molar-refractivity contribution >= 4 is 15.9 Å². The molecule has 0 unspecified atom stereocenters. The van der Waals surface area contributed by atoms with Gasteiger partial charge in [0.05, 0.1) is 10.5 Å². The zero-order valence-corrected chi connectivity index (χ0v) is 12.3. The standard InChI is InChI=1S/C12H15F3N2O3S/c1-3-17(7-12(13,14)15)11(18)9-6-8(2)4-5-10(9)21(16,19)20/h4-6H,3,7H2,1-2H3,(H2,16,19,20). The Bertz CT molecular complexity index is 642. The third kappa shape index (κ3) is 4.71. The number of hydrogen-bond acceptors (Lipinski definition) is 3. The molecule has 0 fully saturated rings. The lowest BCUT2D eigenvalue weighted by Crippen LogP contribution is -2.39. The maximum atomic E-state index is 12.4. The second kappa shape index (κ2) is 6.02. The van der Waals surface area contributed by atoms with Crippen molar-refractivity contribution in [3.63, 3.8) is 0 Å². The molecule has 0 aliphatic heterocycles. The first-order chi connectivity index (χ1) is 9.45. The van der Waals surface area contributed by atoms with Crippen molar-refractivity contribution in [3.05, 3.63) is 29.3 Å². The maximum Gasteiger partial charge on any atom is 0.406 e. The van der Waals surface area contributed by atoms with Gasteiger partial charge in [-0.05, 0) is 26.0 Å². The van der Waals surface area contributed by atoms with Crippen molar-refractivity contribution in [2.24, 2.45) is 5.14 Å². The second-order valence-electron chi connectivity index (χ2n) is 4.48. The number of nitrogens with two attached hydrogens (primary N) is 1. The van der Waals surface area contributed by atoms with Crippen molar-refractivity contribution in [2.75, 3.05) is 13.1 Å². The largest absolute Gasteiger partial charge is 0.406 e. The fraction of sp³-hybridized carbons (Fsp3) is 0.417. The molecule has 1 amide bonds. The third-order valence-electron chi connectivity index (χ3n) is 2.71. The Hall–Kier alpha value is -1.61. The predicted octanol–water partition coefficient (Wildman–Crippen LogP) is 1.67. The molecule has 1 aromatic carbocycles. The maximum absolute atomic E-state index is 12.4. The van der Waals surface area contributed by atoms with E-state index in [-0.39, 0.29) is 12.1 Å². The Kier molecular flexibility index (Phi) is 5.00. The molecule has 5 nitrogen and oxygen atoms in total. The van der Waals surface area contributed by atoms with Crippen molar-refractivity contribution in [2.45, 2.75) is 24.9 Å². The minimum absolute atomic E-state index is 0.212. The van der Waals surface area contributed by atoms with E-state index in [4.69, 9.17) is 5.14 Å². The van der Waals surface area contributed by atoms with Crippen LogP contribution in [0.25, 0.3) is 0 Å². The summed E-state index contributed by atoms with van der Waals surface area (Å²) in [6, 6.07) is 3.73. The van der Waals surface area contributed by atoms with E-state index in [0.717, 1.165) is 6.07 Å². The van der Waals surface area contributed by atoms with E-state index in [9.17, 15) is 26.4 Å². The summed E-state index contributed by atoms with van der Waals surface area (Å²) in [4.78, 5) is 12.2. The average Bonchev–Trinajstić information content (AvgIpc) is 2.32. The smallest absolute Gasteiger partial charge is 0.330 e. The van der Waals surface area contributed by atoms with E-state index in [1.54, 1.807) is 6.92 Å². The van der Waals surface area contributed by atoms with Gasteiger partial charge in [0, 0.05) is 6.54 Å². The summed E-state index contributed by atoms with van der Waals surface area (Å²) in [6.07, 6.45) is -4.57. The molecular weight excluding hydrogens is 309 g/mol. The summed E-state index contributed by atoms with van der Waals surface area (Å²) in [5.74, 6) is -1.03. The van der Waals surface area contributed by atoms with Crippen molar-refractivity contribution in [1.29, 1.82) is 0 Å². The first-order valence-electron chi connectivity index (χ1n) is 5.95. The van der Waals surface area contributed by atoms with Gasteiger partial charge in [0.2, 0.25) is 10.0 Å². The van der Waals surface area contributed by atoms with Gasteiger partial charge in [-0.2, -0.15) is 13.2 Å². The van der Waals surface area contributed by atoms with E-state index < -0.39 is 33.5 Å². The first-order valence-corrected chi connectivity index (χ1v) is 7.50. The van der Waals surface area contributed by atoms with E-state index in [0.29, 0.717) is 10.5 Å². The zero-order chi connectivity index (χ0) is 16.4. The van der Waals surface area contributed by atoms with Crippen LogP contribution in [0.3, 0.4) is 0 Å². The van der Waals surface area contributed by atoms with E-state index >= 15 is 0 Å². The highest BCUT2D eigenvalue weighted by molar-refractivity contribution is 7.89. The molecule has 0 saturated heterocycles. The van der Waals surface area contributed by atoms with Gasteiger partial charge in [0.15, 0.2) is 0 Å². The number of alkyl halides is 3. The molecule has 9 heteroatoms. The van der Waals surface area contributed by atoms with Gasteiger partial charge in [-0.3, -0.25) is 4.79 Å². The number of primary sulfonamides is 1. The molecular formula is C12H15F3N2O3S. The quantitative estimate of drug-likeness (QED) is 0.915. The molecule has 1 aromatic rings. The van der Waals surface area contributed by atoms with Crippen LogP contribution in [0.15, 0.2) is 23.1 Å². The first kappa shape index (κ1) is 17.4. The molecule has 1 rings (SSSR count). The lowest BCUT2D eigenvalue weighted by molar-refractivity contribution is -0.140. The van der Waals surface area contributed by atoms with Gasteiger partial charge >= 0.3 is 6.18 Å². The molecule has 0 atom stereocenters. The minimum atomic E-state index is -4.57. The monoisotopic (exact) mass is 324 g/mol. The molecule has 0 aliphatic rings. The highest BCUT2D eigenvalue weighted by atomic mass is 32.2. The Morgan fingerprint density at radius 2 is 1.90 bits per heavy atom. The lowest BCUT2D eigenvalue weighted by Gasteiger charge is -2.23. The van der Waals surface area contributed by atoms with Crippen LogP contribution in [0.5, 0.6) is 0 Å². The summed E-state index contributed by atoms with van der Waals surface area (Å²) in [5, 5.41) is 4.99. The Morgan fingerprint density at radius 3 is 2.33 bits per heavy atom. The average molecular weight is 324 g/mol. The van der Waals surface area contributed by atoms with Crippen molar-refractivity contribution in [3.8, 4) is 0 Å². The fourth-order valence-electron chi connectivity index (χ4n) is 1.77. The minimum Gasteiger partial charge on any atom is -0.330 e. The van der Waals surface area contributed by atoms with Crippen molar-refractivity contribution < 1.29 is 26.4 Å². The summed E-state index contributed by atoms with van der Waals surface area (Å²) in [6.45, 7) is 1.29. The zero-order valence-electron chi connectivity index (χ0n) is 11.4. The SMILES string of the molecule is CCN(CC(F)(F)F)C(=O)c1cc(C)ccc1S(N)(=O)=O. The van der Waals surface area contributed by atoms with Crippen molar-refractivity contribution in [1.82, 2.24) is 4.90 Å². The Balaban J connectivity index is 3.31. The number of sulfonamides is 1. The molecule has 2 N–H and O–H groups in total. The van der Waals surface area contributed by atoms with E-state index in [1.165, 1.54) is 19.1 Å². The molecule has 0 aromatic heterocycles. The molecule has 0 bridgehead atoms. The molecule has 0 heterocycles. The normalized spacial score (nSPS) is 12.3. The summed E-state index contributed by atoms with van der Waals surface area (Å²) in [7, 11) is -4.21. The summed E-state index contributed by atoms with van der Waals surface area (Å²) >= 11 is 0. The molecule has 0 radical (unpaired) electrons. The second-order valence-corrected chi connectivity index (χ2v) is 6.01. The van der Waals surface area contributed by atoms with Gasteiger partial charge in [0.1, 0.15) is 6.54 Å². The Morgan fingerprint density at radius 1 is 1.33 bits per heavy atom. The fourth-order valence-corrected chi connectivity index (χ4v) is 2.48. The van der Waals surface area contributed by atoms with Gasteiger partial charge in [-0.15, -0.1) is 0 Å². The van der Waals surface area contributed by atoms with Gasteiger partial charge in [-0.25, -0.2) is 13.6 Å². The number of carbonyl (C=O) groups excluding carboxylic acids is 1. The topological polar surface area (TPSA) is 80.5 Å². The third-order valence-corrected chi connectivity index (χ3v) is 3.68. The van der Waals surface area contributed by atoms with Crippen LogP contribution in [-0.2, 0) is 10.0 Å². The Labute approximate surface area is 120 Å². The number of aryl methyl sites for hydroxylation is 1. The molecule has 21 heavy (non-hydrogen) atoms. The highest BCUT2D eigenvalue weighted by Crippen LogP contribution is 2.21. The molecule has 118 valence electrons. The number of carbonyl (C=O) groups is 1. The highest BCUT2D eigenvalue weighted by Gasteiger charge is 2.34. The summed E-state index contributed by atoms with van der Waals surface area (Å²) < 4.78 is 60.2. The molecule has 0 saturated carbocycles. The molecule has 0 spiro atoms. The predicted molar refractivity (Wildman–Crippen MR) is 70.2 cm³/mol. The van der Waals surface area contributed by atoms with E-state index in [2.05, 4.69) is 0 Å². The van der Waals surface area contributed by atoms with Crippen LogP contribution < -0.4 is 5.14 Å². The number of hydrogen-bond donors (Lipinski definition) is 1.